The van der Waals surface area contributed by atoms with E-state index in [4.69, 9.17) is 15.2 Å². The molecule has 146 valence electrons. The lowest BCUT2D eigenvalue weighted by atomic mass is 10.0. The van der Waals surface area contributed by atoms with E-state index in [1.807, 2.05) is 6.07 Å². The lowest BCUT2D eigenvalue weighted by Crippen LogP contribution is -2.70. The number of hydrogen-bond donors (Lipinski definition) is 3. The van der Waals surface area contributed by atoms with E-state index < -0.39 is 42.6 Å². The summed E-state index contributed by atoms with van der Waals surface area (Å²) in [6, 6.07) is 7.44. The second kappa shape index (κ2) is 9.27. The molecule has 27 heavy (non-hydrogen) atoms. The summed E-state index contributed by atoms with van der Waals surface area (Å²) in [4.78, 5) is 45.3. The van der Waals surface area contributed by atoms with Gasteiger partial charge in [-0.2, -0.15) is 0 Å². The van der Waals surface area contributed by atoms with Gasteiger partial charge >= 0.3 is 18.3 Å². The molecule has 0 aliphatic carbocycles. The zero-order valence-corrected chi connectivity index (χ0v) is 14.4. The van der Waals surface area contributed by atoms with Gasteiger partial charge in [0.2, 0.25) is 12.2 Å². The minimum atomic E-state index is -1.23. The number of primary amides is 1. The van der Waals surface area contributed by atoms with Gasteiger partial charge in [0.1, 0.15) is 19.3 Å². The van der Waals surface area contributed by atoms with Crippen LogP contribution in [0.25, 0.3) is 0 Å². The molecule has 1 fully saturated rings. The molecule has 1 heterocycles. The van der Waals surface area contributed by atoms with Gasteiger partial charge in [0.05, 0.1) is 6.04 Å². The summed E-state index contributed by atoms with van der Waals surface area (Å²) >= 11 is 0. The maximum Gasteiger partial charge on any atom is 0.511 e. The van der Waals surface area contributed by atoms with E-state index in [2.05, 4.69) is 20.1 Å². The minimum absolute atomic E-state index is 0.0479. The summed E-state index contributed by atoms with van der Waals surface area (Å²) in [5.74, 6) is -0.445. The molecule has 3 unspecified atom stereocenters. The molecule has 3 amide bonds. The second-order valence-electron chi connectivity index (χ2n) is 5.48. The van der Waals surface area contributed by atoms with Crippen molar-refractivity contribution < 1.29 is 38.1 Å². The lowest BCUT2D eigenvalue weighted by Gasteiger charge is -2.36. The number of carbonyl (C=O) groups excluding carboxylic acids is 4. The Kier molecular flexibility index (Phi) is 6.80. The first kappa shape index (κ1) is 19.8. The third-order valence-corrected chi connectivity index (χ3v) is 3.42. The number of hydrogen-bond acceptors (Lipinski definition) is 8. The Hall–Kier alpha value is -3.50. The smallest absolute Gasteiger partial charge is 0.445 e. The molecular formula is C16H19N3O8. The van der Waals surface area contributed by atoms with Crippen LogP contribution in [-0.2, 0) is 30.3 Å². The highest BCUT2D eigenvalue weighted by Crippen LogP contribution is 2.09. The molecule has 0 spiro atoms. The number of alkyl carbamates (subject to hydrolysis) is 1. The van der Waals surface area contributed by atoms with Crippen LogP contribution < -0.4 is 16.4 Å². The number of carbonyl (C=O) groups is 4. The summed E-state index contributed by atoms with van der Waals surface area (Å²) in [5.41, 5.74) is 5.56. The van der Waals surface area contributed by atoms with Gasteiger partial charge in [-0.1, -0.05) is 30.3 Å². The molecule has 1 aliphatic heterocycles. The van der Waals surface area contributed by atoms with E-state index in [1.165, 1.54) is 6.92 Å². The van der Waals surface area contributed by atoms with Crippen LogP contribution in [0.1, 0.15) is 12.5 Å². The van der Waals surface area contributed by atoms with E-state index >= 15 is 0 Å². The van der Waals surface area contributed by atoms with Crippen molar-refractivity contribution in [1.29, 1.82) is 0 Å². The highest BCUT2D eigenvalue weighted by molar-refractivity contribution is 5.92. The number of nitrogens with one attached hydrogen (secondary N) is 2. The zero-order valence-electron chi connectivity index (χ0n) is 14.4. The number of amides is 3. The Bertz CT molecular complexity index is 696. The van der Waals surface area contributed by atoms with Crippen molar-refractivity contribution in [3.05, 3.63) is 35.9 Å². The lowest BCUT2D eigenvalue weighted by molar-refractivity contribution is -0.133. The molecule has 2 rings (SSSR count). The minimum Gasteiger partial charge on any atom is -0.445 e. The average molecular weight is 381 g/mol. The van der Waals surface area contributed by atoms with Crippen LogP contribution in [-0.4, -0.2) is 49.2 Å². The number of rotatable bonds is 7. The van der Waals surface area contributed by atoms with Crippen molar-refractivity contribution in [1.82, 2.24) is 10.6 Å². The van der Waals surface area contributed by atoms with Crippen LogP contribution in [0.5, 0.6) is 0 Å². The van der Waals surface area contributed by atoms with Crippen LogP contribution in [0.15, 0.2) is 30.3 Å². The largest absolute Gasteiger partial charge is 0.511 e. The van der Waals surface area contributed by atoms with Gasteiger partial charge in [-0.15, -0.1) is 0 Å². The van der Waals surface area contributed by atoms with Crippen molar-refractivity contribution in [2.24, 2.45) is 5.73 Å². The number of ether oxygens (including phenoxy) is 4. The second-order valence-corrected chi connectivity index (χ2v) is 5.48. The van der Waals surface area contributed by atoms with E-state index in [0.717, 1.165) is 5.56 Å². The van der Waals surface area contributed by atoms with E-state index in [9.17, 15) is 19.2 Å². The summed E-state index contributed by atoms with van der Waals surface area (Å²) < 4.78 is 18.8. The third-order valence-electron chi connectivity index (χ3n) is 3.42. The molecule has 0 radical (unpaired) electrons. The Balaban J connectivity index is 1.70. The van der Waals surface area contributed by atoms with Crippen molar-refractivity contribution in [3.63, 3.8) is 0 Å². The first-order chi connectivity index (χ1) is 12.8. The molecule has 1 saturated heterocycles. The maximum absolute atomic E-state index is 11.8. The quantitative estimate of drug-likeness (QED) is 0.265. The normalized spacial score (nSPS) is 18.9. The van der Waals surface area contributed by atoms with Crippen LogP contribution in [0.4, 0.5) is 14.4 Å². The predicted molar refractivity (Wildman–Crippen MR) is 88.0 cm³/mol. The standard InChI is InChI=1S/C16H19N3O8/c1-9(26-14(17)21)27-16(23)25-8-11-12(13(20)18-11)19-15(22)24-7-10-5-3-2-4-6-10/h2-6,9,11-12H,7-8H2,1H3,(H2,17,21)(H,18,20)(H,19,22). The summed E-state index contributed by atoms with van der Waals surface area (Å²) in [7, 11) is 0. The van der Waals surface area contributed by atoms with Crippen LogP contribution in [0.2, 0.25) is 0 Å². The van der Waals surface area contributed by atoms with Crippen molar-refractivity contribution in [2.75, 3.05) is 6.61 Å². The maximum atomic E-state index is 11.8. The Labute approximate surface area is 154 Å². The van der Waals surface area contributed by atoms with Crippen LogP contribution in [0, 0.1) is 0 Å². The third kappa shape index (κ3) is 6.38. The van der Waals surface area contributed by atoms with E-state index in [-0.39, 0.29) is 13.2 Å². The number of nitrogens with two attached hydrogens (primary N) is 1. The fourth-order valence-corrected chi connectivity index (χ4v) is 2.15. The summed E-state index contributed by atoms with van der Waals surface area (Å²) in [6.45, 7) is 1.05. The van der Waals surface area contributed by atoms with E-state index in [1.54, 1.807) is 24.3 Å². The fraction of sp³-hybridized carbons (Fsp3) is 0.375. The van der Waals surface area contributed by atoms with Gasteiger partial charge in [-0.25, -0.2) is 14.4 Å². The number of β-lactam (4-membered cyclic amide) rings is 1. The van der Waals surface area contributed by atoms with Gasteiger partial charge < -0.3 is 35.3 Å². The van der Waals surface area contributed by atoms with Gasteiger partial charge in [-0.3, -0.25) is 4.79 Å². The molecule has 1 aliphatic rings. The molecule has 11 heteroatoms. The summed E-state index contributed by atoms with van der Waals surface area (Å²) in [6.07, 6.45) is -4.25. The van der Waals surface area contributed by atoms with Gasteiger partial charge in [0.25, 0.3) is 0 Å². The monoisotopic (exact) mass is 381 g/mol. The molecule has 4 N–H and O–H groups in total. The van der Waals surface area contributed by atoms with Gasteiger partial charge in [0, 0.05) is 6.92 Å². The predicted octanol–water partition coefficient (Wildman–Crippen LogP) is 0.374. The molecule has 1 aromatic carbocycles. The SMILES string of the molecule is CC(OC(N)=O)OC(=O)OCC1NC(=O)C1NC(=O)OCc1ccccc1. The molecule has 1 aromatic rings. The molecule has 0 saturated carbocycles. The molecule has 11 nitrogen and oxygen atoms in total. The highest BCUT2D eigenvalue weighted by Gasteiger charge is 2.41. The molecule has 3 atom stereocenters. The Morgan fingerprint density at radius 3 is 2.52 bits per heavy atom. The fourth-order valence-electron chi connectivity index (χ4n) is 2.15. The Morgan fingerprint density at radius 2 is 1.89 bits per heavy atom. The molecule has 0 aromatic heterocycles. The van der Waals surface area contributed by atoms with Crippen molar-refractivity contribution >= 4 is 24.2 Å². The molecular weight excluding hydrogens is 362 g/mol. The first-order valence-corrected chi connectivity index (χ1v) is 7.92. The Morgan fingerprint density at radius 1 is 1.19 bits per heavy atom. The number of benzene rings is 1. The van der Waals surface area contributed by atoms with Crippen LogP contribution >= 0.6 is 0 Å². The topological polar surface area (TPSA) is 155 Å². The van der Waals surface area contributed by atoms with Gasteiger partial charge in [0.15, 0.2) is 0 Å². The van der Waals surface area contributed by atoms with E-state index in [0.29, 0.717) is 0 Å². The zero-order chi connectivity index (χ0) is 19.8. The highest BCUT2D eigenvalue weighted by atomic mass is 16.8. The van der Waals surface area contributed by atoms with Crippen molar-refractivity contribution in [3.8, 4) is 0 Å². The van der Waals surface area contributed by atoms with Crippen molar-refractivity contribution in [2.45, 2.75) is 31.9 Å². The first-order valence-electron chi connectivity index (χ1n) is 7.92. The van der Waals surface area contributed by atoms with Crippen LogP contribution in [0.3, 0.4) is 0 Å². The summed E-state index contributed by atoms with van der Waals surface area (Å²) in [5, 5.41) is 4.85. The molecule has 0 bridgehead atoms. The van der Waals surface area contributed by atoms with Gasteiger partial charge in [-0.05, 0) is 5.56 Å². The average Bonchev–Trinajstić information content (AvgIpc) is 2.61.